The highest BCUT2D eigenvalue weighted by molar-refractivity contribution is 5.50. The van der Waals surface area contributed by atoms with E-state index in [1.165, 1.54) is 5.56 Å². The van der Waals surface area contributed by atoms with Crippen LogP contribution in [0.25, 0.3) is 0 Å². The van der Waals surface area contributed by atoms with Crippen LogP contribution in [0.5, 0.6) is 0 Å². The van der Waals surface area contributed by atoms with Gasteiger partial charge in [-0.25, -0.2) is 4.98 Å². The van der Waals surface area contributed by atoms with Crippen molar-refractivity contribution in [1.82, 2.24) is 9.97 Å². The molecule has 3 nitrogen and oxygen atoms in total. The molecule has 1 aromatic carbocycles. The van der Waals surface area contributed by atoms with Gasteiger partial charge in [0, 0.05) is 11.9 Å². The van der Waals surface area contributed by atoms with Gasteiger partial charge in [0.1, 0.15) is 5.82 Å². The molecule has 0 unspecified atom stereocenters. The van der Waals surface area contributed by atoms with Gasteiger partial charge in [-0.3, -0.25) is 0 Å². The Kier molecular flexibility index (Phi) is 2.72. The molecule has 0 atom stereocenters. The Labute approximate surface area is 89.6 Å². The molecule has 15 heavy (non-hydrogen) atoms. The summed E-state index contributed by atoms with van der Waals surface area (Å²) in [5.41, 5.74) is 3.46. The molecular formula is C12H15N3. The van der Waals surface area contributed by atoms with E-state index < -0.39 is 0 Å². The Bertz CT molecular complexity index is 446. The van der Waals surface area contributed by atoms with Gasteiger partial charge in [0.05, 0.1) is 12.2 Å². The van der Waals surface area contributed by atoms with Gasteiger partial charge in [-0.15, -0.1) is 0 Å². The van der Waals surface area contributed by atoms with Gasteiger partial charge in [0.2, 0.25) is 0 Å². The molecule has 2 aromatic rings. The molecule has 1 aromatic heterocycles. The number of anilines is 1. The normalized spacial score (nSPS) is 10.3. The monoisotopic (exact) mass is 201 g/mol. The summed E-state index contributed by atoms with van der Waals surface area (Å²) in [7, 11) is 0. The summed E-state index contributed by atoms with van der Waals surface area (Å²) in [6, 6.07) is 8.25. The van der Waals surface area contributed by atoms with Crippen molar-refractivity contribution in [2.75, 3.05) is 5.32 Å². The number of aryl methyl sites for hydroxylation is 2. The number of para-hydroxylation sites is 1. The molecular weight excluding hydrogens is 186 g/mol. The Morgan fingerprint density at radius 2 is 2.07 bits per heavy atom. The summed E-state index contributed by atoms with van der Waals surface area (Å²) in [5.74, 6) is 0.955. The summed E-state index contributed by atoms with van der Waals surface area (Å²) in [6.07, 6.45) is 1.93. The summed E-state index contributed by atoms with van der Waals surface area (Å²) in [4.78, 5) is 7.41. The van der Waals surface area contributed by atoms with Gasteiger partial charge in [0.15, 0.2) is 0 Å². The minimum Gasteiger partial charge on any atom is -0.379 e. The Morgan fingerprint density at radius 1 is 1.27 bits per heavy atom. The zero-order chi connectivity index (χ0) is 10.7. The standard InChI is InChI=1S/C12H15N3/c1-9-5-3-4-6-12(9)14-8-11-7-13-10(2)15-11/h3-7,14H,8H2,1-2H3,(H,13,15). The summed E-state index contributed by atoms with van der Waals surface area (Å²) in [5, 5.41) is 3.36. The Balaban J connectivity index is 2.02. The number of H-pyrrole nitrogens is 1. The first-order chi connectivity index (χ1) is 7.25. The molecule has 0 fully saturated rings. The van der Waals surface area contributed by atoms with Crippen LogP contribution >= 0.6 is 0 Å². The van der Waals surface area contributed by atoms with Crippen molar-refractivity contribution in [1.29, 1.82) is 0 Å². The average Bonchev–Trinajstić information content (AvgIpc) is 2.63. The second kappa shape index (κ2) is 4.17. The molecule has 0 aliphatic rings. The molecule has 0 radical (unpaired) electrons. The number of nitrogens with one attached hydrogen (secondary N) is 2. The van der Waals surface area contributed by atoms with Crippen LogP contribution in [-0.4, -0.2) is 9.97 Å². The highest BCUT2D eigenvalue weighted by atomic mass is 15.0. The maximum absolute atomic E-state index is 4.34. The summed E-state index contributed by atoms with van der Waals surface area (Å²) >= 11 is 0. The number of benzene rings is 1. The lowest BCUT2D eigenvalue weighted by Gasteiger charge is -2.06. The molecule has 0 spiro atoms. The predicted molar refractivity (Wildman–Crippen MR) is 61.8 cm³/mol. The van der Waals surface area contributed by atoms with E-state index in [1.807, 2.05) is 25.3 Å². The smallest absolute Gasteiger partial charge is 0.103 e. The van der Waals surface area contributed by atoms with Crippen LogP contribution in [0, 0.1) is 13.8 Å². The van der Waals surface area contributed by atoms with Crippen molar-refractivity contribution in [3.63, 3.8) is 0 Å². The lowest BCUT2D eigenvalue weighted by molar-refractivity contribution is 1.04. The number of nitrogens with zero attached hydrogens (tertiary/aromatic N) is 1. The topological polar surface area (TPSA) is 40.7 Å². The highest BCUT2D eigenvalue weighted by Gasteiger charge is 1.99. The molecule has 0 saturated carbocycles. The zero-order valence-corrected chi connectivity index (χ0v) is 9.04. The van der Waals surface area contributed by atoms with Crippen LogP contribution in [0.4, 0.5) is 5.69 Å². The number of hydrogen-bond acceptors (Lipinski definition) is 2. The second-order valence-corrected chi connectivity index (χ2v) is 3.65. The second-order valence-electron chi connectivity index (χ2n) is 3.65. The first kappa shape index (κ1) is 9.77. The summed E-state index contributed by atoms with van der Waals surface area (Å²) < 4.78 is 0. The van der Waals surface area contributed by atoms with E-state index in [2.05, 4.69) is 34.3 Å². The average molecular weight is 201 g/mol. The van der Waals surface area contributed by atoms with Crippen LogP contribution in [0.3, 0.4) is 0 Å². The fraction of sp³-hybridized carbons (Fsp3) is 0.250. The molecule has 0 amide bonds. The number of imidazole rings is 1. The molecule has 2 rings (SSSR count). The van der Waals surface area contributed by atoms with E-state index in [0.29, 0.717) is 0 Å². The van der Waals surface area contributed by atoms with Gasteiger partial charge in [0.25, 0.3) is 0 Å². The lowest BCUT2D eigenvalue weighted by atomic mass is 10.2. The lowest BCUT2D eigenvalue weighted by Crippen LogP contribution is -2.00. The quantitative estimate of drug-likeness (QED) is 0.801. The van der Waals surface area contributed by atoms with E-state index >= 15 is 0 Å². The van der Waals surface area contributed by atoms with Crippen molar-refractivity contribution >= 4 is 5.69 Å². The summed E-state index contributed by atoms with van der Waals surface area (Å²) in [6.45, 7) is 4.81. The van der Waals surface area contributed by atoms with Crippen molar-refractivity contribution in [3.05, 3.63) is 47.5 Å². The fourth-order valence-corrected chi connectivity index (χ4v) is 1.52. The van der Waals surface area contributed by atoms with Crippen LogP contribution in [-0.2, 0) is 6.54 Å². The zero-order valence-electron chi connectivity index (χ0n) is 9.04. The van der Waals surface area contributed by atoms with Crippen LogP contribution in [0.1, 0.15) is 17.1 Å². The van der Waals surface area contributed by atoms with Gasteiger partial charge < -0.3 is 10.3 Å². The third kappa shape index (κ3) is 2.37. The number of hydrogen-bond donors (Lipinski definition) is 2. The maximum Gasteiger partial charge on any atom is 0.103 e. The molecule has 0 aliphatic heterocycles. The van der Waals surface area contributed by atoms with Crippen LogP contribution < -0.4 is 5.32 Å². The number of rotatable bonds is 3. The minimum atomic E-state index is 0.759. The first-order valence-electron chi connectivity index (χ1n) is 5.06. The third-order valence-electron chi connectivity index (χ3n) is 2.36. The van der Waals surface area contributed by atoms with Gasteiger partial charge in [-0.1, -0.05) is 18.2 Å². The third-order valence-corrected chi connectivity index (χ3v) is 2.36. The van der Waals surface area contributed by atoms with Crippen LogP contribution in [0.2, 0.25) is 0 Å². The molecule has 1 heterocycles. The van der Waals surface area contributed by atoms with E-state index in [4.69, 9.17) is 0 Å². The predicted octanol–water partition coefficient (Wildman–Crippen LogP) is 2.64. The van der Waals surface area contributed by atoms with Crippen molar-refractivity contribution < 1.29 is 0 Å². The van der Waals surface area contributed by atoms with E-state index in [0.717, 1.165) is 23.8 Å². The molecule has 0 aliphatic carbocycles. The maximum atomic E-state index is 4.34. The highest BCUT2D eigenvalue weighted by Crippen LogP contribution is 2.13. The van der Waals surface area contributed by atoms with Crippen molar-refractivity contribution in [3.8, 4) is 0 Å². The SMILES string of the molecule is Cc1nc(CNc2ccccc2C)c[nH]1. The van der Waals surface area contributed by atoms with Gasteiger partial charge >= 0.3 is 0 Å². The van der Waals surface area contributed by atoms with E-state index in [1.54, 1.807) is 0 Å². The van der Waals surface area contributed by atoms with Crippen molar-refractivity contribution in [2.45, 2.75) is 20.4 Å². The van der Waals surface area contributed by atoms with E-state index in [-0.39, 0.29) is 0 Å². The van der Waals surface area contributed by atoms with E-state index in [9.17, 15) is 0 Å². The fourth-order valence-electron chi connectivity index (χ4n) is 1.52. The largest absolute Gasteiger partial charge is 0.379 e. The first-order valence-corrected chi connectivity index (χ1v) is 5.06. The van der Waals surface area contributed by atoms with Gasteiger partial charge in [-0.2, -0.15) is 0 Å². The van der Waals surface area contributed by atoms with Gasteiger partial charge in [-0.05, 0) is 25.5 Å². The molecule has 78 valence electrons. The Hall–Kier alpha value is -1.77. The Morgan fingerprint density at radius 3 is 2.73 bits per heavy atom. The van der Waals surface area contributed by atoms with Crippen molar-refractivity contribution in [2.24, 2.45) is 0 Å². The molecule has 2 N–H and O–H groups in total. The minimum absolute atomic E-state index is 0.759. The molecule has 0 bridgehead atoms. The van der Waals surface area contributed by atoms with Crippen LogP contribution in [0.15, 0.2) is 30.5 Å². The molecule has 0 saturated heterocycles. The number of aromatic amines is 1. The molecule has 3 heteroatoms. The number of aromatic nitrogens is 2.